The smallest absolute Gasteiger partial charge is 0.410 e. The van der Waals surface area contributed by atoms with Gasteiger partial charge in [-0.2, -0.15) is 0 Å². The maximum absolute atomic E-state index is 12.1. The van der Waals surface area contributed by atoms with Gasteiger partial charge in [0.25, 0.3) is 0 Å². The summed E-state index contributed by atoms with van der Waals surface area (Å²) in [4.78, 5) is 35.6. The molecule has 0 saturated carbocycles. The summed E-state index contributed by atoms with van der Waals surface area (Å²) >= 11 is 0. The molecule has 1 heterocycles. The highest BCUT2D eigenvalue weighted by Crippen LogP contribution is 2.20. The molecule has 9 heteroatoms. The molecule has 1 aromatic rings. The molecule has 1 amide bonds. The van der Waals surface area contributed by atoms with Gasteiger partial charge in [-0.3, -0.25) is 4.79 Å². The van der Waals surface area contributed by atoms with Crippen LogP contribution in [-0.4, -0.2) is 68.0 Å². The number of benzene rings is 1. The average Bonchev–Trinajstić information content (AvgIpc) is 2.82. The number of carbonyl (C=O) groups is 3. The van der Waals surface area contributed by atoms with Crippen molar-refractivity contribution in [1.29, 1.82) is 0 Å². The van der Waals surface area contributed by atoms with Gasteiger partial charge in [-0.15, -0.1) is 0 Å². The molecule has 2 N–H and O–H groups in total. The second-order valence-electron chi connectivity index (χ2n) is 9.70. The van der Waals surface area contributed by atoms with Gasteiger partial charge < -0.3 is 29.6 Å². The molecule has 204 valence electrons. The number of nitrogens with zero attached hydrogens (tertiary/aromatic N) is 1. The Morgan fingerprint density at radius 2 is 1.67 bits per heavy atom. The molecule has 0 aromatic heterocycles. The summed E-state index contributed by atoms with van der Waals surface area (Å²) in [6.07, 6.45) is 4.38. The van der Waals surface area contributed by atoms with Crippen molar-refractivity contribution in [2.24, 2.45) is 11.7 Å². The van der Waals surface area contributed by atoms with Crippen LogP contribution in [0.3, 0.4) is 0 Å². The van der Waals surface area contributed by atoms with E-state index < -0.39 is 5.60 Å². The summed E-state index contributed by atoms with van der Waals surface area (Å²) in [6, 6.07) is 7.76. The minimum atomic E-state index is -0.492. The standard InChI is InChI=1S/C23H36N2O5.C4H8O2/c1-23(2,3)30-22(27)25-14-11-19(12-15-25)16-29-21(26)17-28-20-9-7-18(8-10-20)6-4-5-13-24;1-3-6-4(2)5/h7-10,19H,4-6,11-17,24H2,1-3H3;3H2,1-2H3. The molecule has 2 rings (SSSR count). The number of ether oxygens (including phenoxy) is 4. The lowest BCUT2D eigenvalue weighted by atomic mass is 9.98. The molecule has 36 heavy (non-hydrogen) atoms. The van der Waals surface area contributed by atoms with E-state index in [-0.39, 0.29) is 30.6 Å². The van der Waals surface area contributed by atoms with Gasteiger partial charge in [-0.1, -0.05) is 12.1 Å². The van der Waals surface area contributed by atoms with Crippen molar-refractivity contribution in [2.45, 2.75) is 72.3 Å². The number of unbranched alkanes of at least 4 members (excludes halogenated alkanes) is 1. The summed E-state index contributed by atoms with van der Waals surface area (Å²) < 4.78 is 20.7. The summed E-state index contributed by atoms with van der Waals surface area (Å²) in [5, 5.41) is 0. The van der Waals surface area contributed by atoms with Crippen LogP contribution >= 0.6 is 0 Å². The van der Waals surface area contributed by atoms with E-state index in [1.807, 2.05) is 45.0 Å². The quantitative estimate of drug-likeness (QED) is 0.285. The van der Waals surface area contributed by atoms with Gasteiger partial charge in [0.05, 0.1) is 13.2 Å². The Hall–Kier alpha value is -2.81. The molecule has 0 spiro atoms. The number of hydrogen-bond acceptors (Lipinski definition) is 8. The predicted molar refractivity (Wildman–Crippen MR) is 138 cm³/mol. The lowest BCUT2D eigenvalue weighted by molar-refractivity contribution is -0.148. The highest BCUT2D eigenvalue weighted by Gasteiger charge is 2.27. The fraction of sp³-hybridized carbons (Fsp3) is 0.667. The maximum atomic E-state index is 12.1. The second kappa shape index (κ2) is 16.8. The molecule has 0 unspecified atom stereocenters. The number of hydrogen-bond donors (Lipinski definition) is 1. The minimum absolute atomic E-state index is 0.108. The topological polar surface area (TPSA) is 117 Å². The number of piperidine rings is 1. The fourth-order valence-electron chi connectivity index (χ4n) is 3.43. The molecule has 1 aliphatic rings. The Kier molecular flexibility index (Phi) is 14.6. The van der Waals surface area contributed by atoms with E-state index in [0.29, 0.717) is 38.6 Å². The Labute approximate surface area is 215 Å². The molecule has 1 aromatic carbocycles. The number of carbonyl (C=O) groups excluding carboxylic acids is 3. The van der Waals surface area contributed by atoms with Crippen LogP contribution in [-0.2, 0) is 30.2 Å². The first-order valence-electron chi connectivity index (χ1n) is 12.7. The number of nitrogens with two attached hydrogens (primary N) is 1. The van der Waals surface area contributed by atoms with Crippen LogP contribution in [0, 0.1) is 5.92 Å². The zero-order valence-electron chi connectivity index (χ0n) is 22.5. The van der Waals surface area contributed by atoms with Crippen LogP contribution in [0.1, 0.15) is 65.9 Å². The summed E-state index contributed by atoms with van der Waals surface area (Å²) in [6.45, 7) is 11.4. The van der Waals surface area contributed by atoms with Crippen molar-refractivity contribution in [2.75, 3.05) is 39.5 Å². The van der Waals surface area contributed by atoms with Crippen molar-refractivity contribution >= 4 is 18.0 Å². The van der Waals surface area contributed by atoms with E-state index in [1.165, 1.54) is 12.5 Å². The van der Waals surface area contributed by atoms with Crippen molar-refractivity contribution in [1.82, 2.24) is 4.90 Å². The number of esters is 2. The number of rotatable bonds is 10. The van der Waals surface area contributed by atoms with Gasteiger partial charge in [0.15, 0.2) is 6.61 Å². The van der Waals surface area contributed by atoms with Gasteiger partial charge >= 0.3 is 18.0 Å². The first-order valence-corrected chi connectivity index (χ1v) is 12.7. The number of amides is 1. The molecular weight excluding hydrogens is 464 g/mol. The van der Waals surface area contributed by atoms with Crippen LogP contribution in [0.2, 0.25) is 0 Å². The van der Waals surface area contributed by atoms with Crippen LogP contribution in [0.5, 0.6) is 5.75 Å². The third-order valence-corrected chi connectivity index (χ3v) is 5.29. The van der Waals surface area contributed by atoms with Gasteiger partial charge in [0.2, 0.25) is 0 Å². The van der Waals surface area contributed by atoms with E-state index in [2.05, 4.69) is 4.74 Å². The highest BCUT2D eigenvalue weighted by atomic mass is 16.6. The van der Waals surface area contributed by atoms with E-state index >= 15 is 0 Å². The molecule has 0 atom stereocenters. The normalized spacial score (nSPS) is 13.8. The summed E-state index contributed by atoms with van der Waals surface area (Å²) in [5.41, 5.74) is 6.25. The largest absolute Gasteiger partial charge is 0.482 e. The Morgan fingerprint density at radius 3 is 2.17 bits per heavy atom. The Balaban J connectivity index is 0.000000960. The third-order valence-electron chi connectivity index (χ3n) is 5.29. The van der Waals surface area contributed by atoms with Gasteiger partial charge in [-0.05, 0) is 90.0 Å². The van der Waals surface area contributed by atoms with Crippen molar-refractivity contribution < 1.29 is 33.3 Å². The summed E-state index contributed by atoms with van der Waals surface area (Å²) in [7, 11) is 0. The van der Waals surface area contributed by atoms with Crippen molar-refractivity contribution in [3.63, 3.8) is 0 Å². The molecule has 0 bridgehead atoms. The lowest BCUT2D eigenvalue weighted by Crippen LogP contribution is -2.42. The van der Waals surface area contributed by atoms with Crippen molar-refractivity contribution in [3.8, 4) is 5.75 Å². The zero-order valence-corrected chi connectivity index (χ0v) is 22.5. The van der Waals surface area contributed by atoms with Crippen LogP contribution in [0.15, 0.2) is 24.3 Å². The summed E-state index contributed by atoms with van der Waals surface area (Å²) in [5.74, 6) is 0.315. The Morgan fingerprint density at radius 1 is 1.03 bits per heavy atom. The van der Waals surface area contributed by atoms with E-state index in [9.17, 15) is 14.4 Å². The molecule has 0 aliphatic carbocycles. The second-order valence-corrected chi connectivity index (χ2v) is 9.70. The molecule has 1 aliphatic heterocycles. The Bertz CT molecular complexity index is 782. The monoisotopic (exact) mass is 508 g/mol. The van der Waals surface area contributed by atoms with E-state index in [4.69, 9.17) is 19.9 Å². The van der Waals surface area contributed by atoms with Crippen LogP contribution in [0.4, 0.5) is 4.79 Å². The van der Waals surface area contributed by atoms with Gasteiger partial charge in [0, 0.05) is 20.0 Å². The molecule has 9 nitrogen and oxygen atoms in total. The first kappa shape index (κ1) is 31.2. The van der Waals surface area contributed by atoms with Gasteiger partial charge in [0.1, 0.15) is 11.4 Å². The average molecular weight is 509 g/mol. The molecular formula is C27H44N2O7. The molecule has 0 radical (unpaired) electrons. The predicted octanol–water partition coefficient (Wildman–Crippen LogP) is 4.11. The van der Waals surface area contributed by atoms with E-state index in [0.717, 1.165) is 32.1 Å². The first-order chi connectivity index (χ1) is 17.0. The number of aryl methyl sites for hydroxylation is 1. The molecule has 1 saturated heterocycles. The fourth-order valence-corrected chi connectivity index (χ4v) is 3.43. The maximum Gasteiger partial charge on any atom is 0.410 e. The van der Waals surface area contributed by atoms with Crippen LogP contribution in [0.25, 0.3) is 0 Å². The lowest BCUT2D eigenvalue weighted by Gasteiger charge is -2.33. The minimum Gasteiger partial charge on any atom is -0.482 e. The van der Waals surface area contributed by atoms with Crippen LogP contribution < -0.4 is 10.5 Å². The SMILES string of the molecule is CC(C)(C)OC(=O)N1CCC(COC(=O)COc2ccc(CCCCN)cc2)CC1.CCOC(C)=O. The van der Waals surface area contributed by atoms with Gasteiger partial charge in [-0.25, -0.2) is 9.59 Å². The van der Waals surface area contributed by atoms with E-state index in [1.54, 1.807) is 11.8 Å². The zero-order chi connectivity index (χ0) is 27.0. The van der Waals surface area contributed by atoms with Crippen molar-refractivity contribution in [3.05, 3.63) is 29.8 Å². The highest BCUT2D eigenvalue weighted by molar-refractivity contribution is 5.71. The third kappa shape index (κ3) is 14.6. The number of likely N-dealkylation sites (tertiary alicyclic amines) is 1. The molecule has 1 fully saturated rings.